The fourth-order valence-corrected chi connectivity index (χ4v) is 4.06. The molecule has 0 N–H and O–H groups in total. The average molecular weight is 388 g/mol. The Labute approximate surface area is 155 Å². The maximum Gasteiger partial charge on any atom is 0.269 e. The summed E-state index contributed by atoms with van der Waals surface area (Å²) < 4.78 is 28.8. The van der Waals surface area contributed by atoms with Gasteiger partial charge in [-0.1, -0.05) is 0 Å². The van der Waals surface area contributed by atoms with Crippen molar-refractivity contribution in [3.8, 4) is 5.75 Å². The number of nitrogens with zero attached hydrogens (tertiary/aromatic N) is 2. The van der Waals surface area contributed by atoms with Crippen LogP contribution in [0, 0.1) is 10.1 Å². The average Bonchev–Trinajstić information content (AvgIpc) is 3.02. The topological polar surface area (TPSA) is 107 Å². The number of hydrogen-bond acceptors (Lipinski definition) is 6. The lowest BCUT2D eigenvalue weighted by molar-refractivity contribution is -0.384. The van der Waals surface area contributed by atoms with Gasteiger partial charge in [-0.15, -0.1) is 0 Å². The SMILES string of the molecule is COc1ccc(N(C(=O)c2ccc([N+](=O)[O-])cc2)C2C=CS(=O)(=O)C2)cc1. The second-order valence-corrected chi connectivity index (χ2v) is 7.83. The molecule has 8 nitrogen and oxygen atoms in total. The third-order valence-corrected chi connectivity index (χ3v) is 5.52. The second kappa shape index (κ2) is 7.20. The molecule has 0 saturated carbocycles. The number of nitro groups is 1. The third kappa shape index (κ3) is 3.98. The highest BCUT2D eigenvalue weighted by molar-refractivity contribution is 7.94. The van der Waals surface area contributed by atoms with Gasteiger partial charge < -0.3 is 9.64 Å². The summed E-state index contributed by atoms with van der Waals surface area (Å²) in [6, 6.07) is 11.1. The monoisotopic (exact) mass is 388 g/mol. The Kier molecular flexibility index (Phi) is 4.95. The number of sulfone groups is 1. The van der Waals surface area contributed by atoms with Gasteiger partial charge >= 0.3 is 0 Å². The van der Waals surface area contributed by atoms with Gasteiger partial charge in [0.15, 0.2) is 9.84 Å². The molecular formula is C18H16N2O6S. The molecule has 1 unspecified atom stereocenters. The summed E-state index contributed by atoms with van der Waals surface area (Å²) >= 11 is 0. The fourth-order valence-electron chi connectivity index (χ4n) is 2.79. The summed E-state index contributed by atoms with van der Waals surface area (Å²) in [6.45, 7) is 0. The van der Waals surface area contributed by atoms with Gasteiger partial charge in [0, 0.05) is 28.8 Å². The van der Waals surface area contributed by atoms with E-state index in [4.69, 9.17) is 4.74 Å². The van der Waals surface area contributed by atoms with E-state index in [2.05, 4.69) is 0 Å². The lowest BCUT2D eigenvalue weighted by Crippen LogP contribution is -2.41. The van der Waals surface area contributed by atoms with Crippen LogP contribution in [0.3, 0.4) is 0 Å². The van der Waals surface area contributed by atoms with E-state index in [1.165, 1.54) is 42.4 Å². The Hall–Kier alpha value is -3.20. The van der Waals surface area contributed by atoms with Crippen molar-refractivity contribution in [3.63, 3.8) is 0 Å². The maximum atomic E-state index is 13.1. The number of nitro benzene ring substituents is 1. The lowest BCUT2D eigenvalue weighted by atomic mass is 10.1. The Balaban J connectivity index is 1.99. The van der Waals surface area contributed by atoms with E-state index < -0.39 is 26.7 Å². The molecule has 1 aliphatic heterocycles. The van der Waals surface area contributed by atoms with Crippen molar-refractivity contribution >= 4 is 27.1 Å². The number of carbonyl (C=O) groups excluding carboxylic acids is 1. The quantitative estimate of drug-likeness (QED) is 0.575. The minimum Gasteiger partial charge on any atom is -0.497 e. The molecule has 2 aromatic rings. The van der Waals surface area contributed by atoms with Gasteiger partial charge in [0.2, 0.25) is 0 Å². The Bertz CT molecular complexity index is 997. The summed E-state index contributed by atoms with van der Waals surface area (Å²) in [4.78, 5) is 24.7. The van der Waals surface area contributed by atoms with Crippen LogP contribution in [0.1, 0.15) is 10.4 Å². The molecule has 1 aliphatic rings. The van der Waals surface area contributed by atoms with Crippen LogP contribution < -0.4 is 9.64 Å². The van der Waals surface area contributed by atoms with Gasteiger partial charge in [-0.2, -0.15) is 0 Å². The van der Waals surface area contributed by atoms with E-state index in [0.29, 0.717) is 11.4 Å². The molecule has 1 atom stereocenters. The number of rotatable bonds is 5. The van der Waals surface area contributed by atoms with Crippen molar-refractivity contribution in [2.24, 2.45) is 0 Å². The van der Waals surface area contributed by atoms with Crippen molar-refractivity contribution in [2.75, 3.05) is 17.8 Å². The summed E-state index contributed by atoms with van der Waals surface area (Å²) in [6.07, 6.45) is 1.46. The van der Waals surface area contributed by atoms with Crippen LogP contribution in [-0.2, 0) is 9.84 Å². The zero-order valence-electron chi connectivity index (χ0n) is 14.3. The Morgan fingerprint density at radius 3 is 2.26 bits per heavy atom. The molecule has 0 aromatic heterocycles. The number of carbonyl (C=O) groups is 1. The number of amides is 1. The zero-order chi connectivity index (χ0) is 19.6. The summed E-state index contributed by atoms with van der Waals surface area (Å²) in [5.74, 6) is -0.0875. The molecular weight excluding hydrogens is 372 g/mol. The van der Waals surface area contributed by atoms with Crippen molar-refractivity contribution in [2.45, 2.75) is 6.04 Å². The number of hydrogen-bond donors (Lipinski definition) is 0. The highest BCUT2D eigenvalue weighted by Crippen LogP contribution is 2.27. The van der Waals surface area contributed by atoms with Crippen LogP contribution in [-0.4, -0.2) is 38.2 Å². The fraction of sp³-hybridized carbons (Fsp3) is 0.167. The molecule has 0 fully saturated rings. The van der Waals surface area contributed by atoms with Crippen molar-refractivity contribution in [1.82, 2.24) is 0 Å². The molecule has 27 heavy (non-hydrogen) atoms. The summed E-state index contributed by atoms with van der Waals surface area (Å²) in [7, 11) is -1.87. The molecule has 140 valence electrons. The van der Waals surface area contributed by atoms with E-state index in [0.717, 1.165) is 5.41 Å². The maximum absolute atomic E-state index is 13.1. The highest BCUT2D eigenvalue weighted by atomic mass is 32.2. The second-order valence-electron chi connectivity index (χ2n) is 5.90. The van der Waals surface area contributed by atoms with E-state index >= 15 is 0 Å². The molecule has 2 aromatic carbocycles. The van der Waals surface area contributed by atoms with Gasteiger partial charge in [-0.25, -0.2) is 8.42 Å². The van der Waals surface area contributed by atoms with E-state index in [1.807, 2.05) is 0 Å². The first-order valence-corrected chi connectivity index (χ1v) is 9.65. The first-order valence-electron chi connectivity index (χ1n) is 7.94. The van der Waals surface area contributed by atoms with E-state index in [1.54, 1.807) is 24.3 Å². The van der Waals surface area contributed by atoms with E-state index in [9.17, 15) is 23.3 Å². The number of methoxy groups -OCH3 is 1. The highest BCUT2D eigenvalue weighted by Gasteiger charge is 2.32. The number of non-ortho nitro benzene ring substituents is 1. The van der Waals surface area contributed by atoms with Crippen LogP contribution in [0.25, 0.3) is 0 Å². The molecule has 0 radical (unpaired) electrons. The van der Waals surface area contributed by atoms with E-state index in [-0.39, 0.29) is 17.0 Å². The van der Waals surface area contributed by atoms with Gasteiger partial charge in [-0.3, -0.25) is 14.9 Å². The van der Waals surface area contributed by atoms with Crippen molar-refractivity contribution in [3.05, 3.63) is 75.7 Å². The third-order valence-electron chi connectivity index (χ3n) is 4.14. The largest absolute Gasteiger partial charge is 0.497 e. The van der Waals surface area contributed by atoms with Crippen molar-refractivity contribution in [1.29, 1.82) is 0 Å². The molecule has 1 heterocycles. The molecule has 0 bridgehead atoms. The summed E-state index contributed by atoms with van der Waals surface area (Å²) in [5, 5.41) is 11.9. The van der Waals surface area contributed by atoms with Gasteiger partial charge in [0.05, 0.1) is 23.8 Å². The number of benzene rings is 2. The molecule has 0 saturated heterocycles. The van der Waals surface area contributed by atoms with Gasteiger partial charge in [0.25, 0.3) is 11.6 Å². The minimum absolute atomic E-state index is 0.133. The summed E-state index contributed by atoms with van der Waals surface area (Å²) in [5.41, 5.74) is 0.575. The van der Waals surface area contributed by atoms with Crippen molar-refractivity contribution < 1.29 is 22.9 Å². The normalized spacial score (nSPS) is 17.4. The molecule has 3 rings (SSSR count). The minimum atomic E-state index is -3.38. The first kappa shape index (κ1) is 18.6. The standard InChI is InChI=1S/C18H16N2O6S/c1-26-17-8-6-14(7-9-17)19(16-10-11-27(24,25)12-16)18(21)13-2-4-15(5-3-13)20(22)23/h2-11,16H,12H2,1H3. The smallest absolute Gasteiger partial charge is 0.269 e. The van der Waals surface area contributed by atoms with Crippen LogP contribution in [0.4, 0.5) is 11.4 Å². The molecule has 9 heteroatoms. The predicted octanol–water partition coefficient (Wildman–Crippen LogP) is 2.56. The Morgan fingerprint density at radius 1 is 1.15 bits per heavy atom. The first-order chi connectivity index (χ1) is 12.8. The zero-order valence-corrected chi connectivity index (χ0v) is 15.1. The molecule has 0 spiro atoms. The molecule has 1 amide bonds. The number of ether oxygens (including phenoxy) is 1. The van der Waals surface area contributed by atoms with Crippen LogP contribution in [0.5, 0.6) is 5.75 Å². The van der Waals surface area contributed by atoms with Crippen LogP contribution >= 0.6 is 0 Å². The van der Waals surface area contributed by atoms with Gasteiger partial charge in [-0.05, 0) is 42.5 Å². The van der Waals surface area contributed by atoms with Gasteiger partial charge in [0.1, 0.15) is 5.75 Å². The Morgan fingerprint density at radius 2 is 1.78 bits per heavy atom. The van der Waals surface area contributed by atoms with Crippen LogP contribution in [0.15, 0.2) is 60.0 Å². The lowest BCUT2D eigenvalue weighted by Gasteiger charge is -2.28. The van der Waals surface area contributed by atoms with Crippen LogP contribution in [0.2, 0.25) is 0 Å². The predicted molar refractivity (Wildman–Crippen MR) is 99.6 cm³/mol. The molecule has 0 aliphatic carbocycles. The number of anilines is 1.